The van der Waals surface area contributed by atoms with Crippen molar-refractivity contribution >= 4 is 15.7 Å². The van der Waals surface area contributed by atoms with E-state index < -0.39 is 15.3 Å². The third-order valence-electron chi connectivity index (χ3n) is 3.86. The first kappa shape index (κ1) is 16.4. The van der Waals surface area contributed by atoms with Gasteiger partial charge in [-0.05, 0) is 19.8 Å². The second-order valence-corrected chi connectivity index (χ2v) is 8.05. The zero-order valence-electron chi connectivity index (χ0n) is 11.9. The summed E-state index contributed by atoms with van der Waals surface area (Å²) in [6.45, 7) is 2.06. The highest BCUT2D eigenvalue weighted by Crippen LogP contribution is 2.34. The van der Waals surface area contributed by atoms with Crippen molar-refractivity contribution in [3.8, 4) is 0 Å². The summed E-state index contributed by atoms with van der Waals surface area (Å²) in [7, 11) is -3.08. The number of amides is 1. The standard InChI is InChI=1S/C13H26N2O3S/c1-11(9-19(2,17)18)15-12(16)13(10-14)7-5-3-4-6-8-13/h11H,3-10,14H2,1-2H3,(H,15,16). The average molecular weight is 290 g/mol. The van der Waals surface area contributed by atoms with E-state index in [-0.39, 0.29) is 17.7 Å². The Hall–Kier alpha value is -0.620. The molecular formula is C13H26N2O3S. The van der Waals surface area contributed by atoms with Gasteiger partial charge in [0.2, 0.25) is 5.91 Å². The summed E-state index contributed by atoms with van der Waals surface area (Å²) >= 11 is 0. The Morgan fingerprint density at radius 3 is 2.21 bits per heavy atom. The first-order chi connectivity index (χ1) is 8.79. The van der Waals surface area contributed by atoms with Gasteiger partial charge in [0.05, 0.1) is 11.2 Å². The molecule has 1 atom stereocenters. The van der Waals surface area contributed by atoms with Crippen molar-refractivity contribution in [2.24, 2.45) is 11.1 Å². The predicted octanol–water partition coefficient (Wildman–Crippen LogP) is 0.835. The van der Waals surface area contributed by atoms with Gasteiger partial charge in [0.1, 0.15) is 9.84 Å². The zero-order chi connectivity index (χ0) is 14.5. The van der Waals surface area contributed by atoms with Crippen LogP contribution in [-0.2, 0) is 14.6 Å². The second kappa shape index (κ2) is 6.70. The molecule has 0 bridgehead atoms. The molecule has 0 radical (unpaired) electrons. The molecule has 0 saturated heterocycles. The smallest absolute Gasteiger partial charge is 0.227 e. The Kier molecular flexibility index (Phi) is 5.80. The molecule has 1 aliphatic carbocycles. The zero-order valence-corrected chi connectivity index (χ0v) is 12.8. The highest BCUT2D eigenvalue weighted by atomic mass is 32.2. The fraction of sp³-hybridized carbons (Fsp3) is 0.923. The summed E-state index contributed by atoms with van der Waals surface area (Å²) < 4.78 is 22.5. The number of carbonyl (C=O) groups excluding carboxylic acids is 1. The first-order valence-corrected chi connectivity index (χ1v) is 9.04. The monoisotopic (exact) mass is 290 g/mol. The molecule has 0 aliphatic heterocycles. The van der Waals surface area contributed by atoms with Gasteiger partial charge < -0.3 is 11.1 Å². The highest BCUT2D eigenvalue weighted by molar-refractivity contribution is 7.90. The molecule has 0 heterocycles. The summed E-state index contributed by atoms with van der Waals surface area (Å²) in [6, 6.07) is -0.367. The molecule has 1 fully saturated rings. The molecule has 0 spiro atoms. The Morgan fingerprint density at radius 1 is 1.26 bits per heavy atom. The van der Waals surface area contributed by atoms with Crippen LogP contribution in [0.5, 0.6) is 0 Å². The van der Waals surface area contributed by atoms with E-state index in [1.165, 1.54) is 6.26 Å². The van der Waals surface area contributed by atoms with Crippen LogP contribution in [-0.4, -0.2) is 38.9 Å². The van der Waals surface area contributed by atoms with Gasteiger partial charge in [-0.25, -0.2) is 8.42 Å². The number of sulfone groups is 1. The molecule has 0 aromatic heterocycles. The van der Waals surface area contributed by atoms with Crippen LogP contribution in [0.15, 0.2) is 0 Å². The van der Waals surface area contributed by atoms with Crippen LogP contribution >= 0.6 is 0 Å². The van der Waals surface area contributed by atoms with Crippen LogP contribution < -0.4 is 11.1 Å². The van der Waals surface area contributed by atoms with E-state index in [2.05, 4.69) is 5.32 Å². The lowest BCUT2D eigenvalue weighted by Gasteiger charge is -2.31. The van der Waals surface area contributed by atoms with Crippen molar-refractivity contribution in [2.45, 2.75) is 51.5 Å². The lowest BCUT2D eigenvalue weighted by Crippen LogP contribution is -2.49. The molecule has 0 aromatic carbocycles. The molecule has 6 heteroatoms. The molecular weight excluding hydrogens is 264 g/mol. The molecule has 3 N–H and O–H groups in total. The van der Waals surface area contributed by atoms with Crippen LogP contribution in [0.4, 0.5) is 0 Å². The molecule has 19 heavy (non-hydrogen) atoms. The SMILES string of the molecule is CC(CS(C)(=O)=O)NC(=O)C1(CN)CCCCCC1. The first-order valence-electron chi connectivity index (χ1n) is 6.98. The lowest BCUT2D eigenvalue weighted by atomic mass is 9.79. The largest absolute Gasteiger partial charge is 0.352 e. The Balaban J connectivity index is 2.67. The van der Waals surface area contributed by atoms with E-state index >= 15 is 0 Å². The van der Waals surface area contributed by atoms with Crippen molar-refractivity contribution in [3.63, 3.8) is 0 Å². The summed E-state index contributed by atoms with van der Waals surface area (Å²) in [5, 5.41) is 2.83. The van der Waals surface area contributed by atoms with Crippen LogP contribution in [0.1, 0.15) is 45.4 Å². The third-order valence-corrected chi connectivity index (χ3v) is 4.97. The van der Waals surface area contributed by atoms with E-state index in [4.69, 9.17) is 5.73 Å². The quantitative estimate of drug-likeness (QED) is 0.734. The summed E-state index contributed by atoms with van der Waals surface area (Å²) in [6.07, 6.45) is 7.12. The Bertz CT molecular complexity index is 398. The molecule has 0 aromatic rings. The van der Waals surface area contributed by atoms with Crippen LogP contribution in [0, 0.1) is 5.41 Å². The van der Waals surface area contributed by atoms with Crippen LogP contribution in [0.3, 0.4) is 0 Å². The van der Waals surface area contributed by atoms with Crippen molar-refractivity contribution in [1.29, 1.82) is 0 Å². The number of hydrogen-bond acceptors (Lipinski definition) is 4. The van der Waals surface area contributed by atoms with Crippen LogP contribution in [0.25, 0.3) is 0 Å². The van der Waals surface area contributed by atoms with Gasteiger partial charge in [0.15, 0.2) is 0 Å². The molecule has 1 aliphatic rings. The van der Waals surface area contributed by atoms with E-state index in [0.717, 1.165) is 38.5 Å². The van der Waals surface area contributed by atoms with E-state index in [1.807, 2.05) is 0 Å². The normalized spacial score (nSPS) is 21.4. The minimum Gasteiger partial charge on any atom is -0.352 e. The minimum absolute atomic E-state index is 0.0284. The highest BCUT2D eigenvalue weighted by Gasteiger charge is 2.37. The number of hydrogen-bond donors (Lipinski definition) is 2. The van der Waals surface area contributed by atoms with Crippen molar-refractivity contribution in [3.05, 3.63) is 0 Å². The maximum atomic E-state index is 12.4. The molecule has 1 rings (SSSR count). The van der Waals surface area contributed by atoms with Crippen molar-refractivity contribution in [2.75, 3.05) is 18.6 Å². The van der Waals surface area contributed by atoms with Crippen molar-refractivity contribution < 1.29 is 13.2 Å². The minimum atomic E-state index is -3.08. The van der Waals surface area contributed by atoms with Crippen molar-refractivity contribution in [1.82, 2.24) is 5.32 Å². The van der Waals surface area contributed by atoms with Gasteiger partial charge in [-0.15, -0.1) is 0 Å². The fourth-order valence-electron chi connectivity index (χ4n) is 2.80. The van der Waals surface area contributed by atoms with Gasteiger partial charge in [-0.3, -0.25) is 4.79 Å². The average Bonchev–Trinajstić information content (AvgIpc) is 2.52. The van der Waals surface area contributed by atoms with E-state index in [9.17, 15) is 13.2 Å². The van der Waals surface area contributed by atoms with Gasteiger partial charge >= 0.3 is 0 Å². The number of nitrogens with two attached hydrogens (primary N) is 1. The van der Waals surface area contributed by atoms with Gasteiger partial charge in [-0.1, -0.05) is 25.7 Å². The maximum absolute atomic E-state index is 12.4. The Labute approximate surface area is 116 Å². The van der Waals surface area contributed by atoms with Gasteiger partial charge in [0.25, 0.3) is 0 Å². The number of carbonyl (C=O) groups is 1. The molecule has 1 unspecified atom stereocenters. The molecule has 112 valence electrons. The molecule has 1 saturated carbocycles. The maximum Gasteiger partial charge on any atom is 0.227 e. The second-order valence-electron chi connectivity index (χ2n) is 5.87. The molecule has 1 amide bonds. The lowest BCUT2D eigenvalue weighted by molar-refractivity contribution is -0.131. The van der Waals surface area contributed by atoms with Gasteiger partial charge in [-0.2, -0.15) is 0 Å². The van der Waals surface area contributed by atoms with Crippen LogP contribution in [0.2, 0.25) is 0 Å². The predicted molar refractivity (Wildman–Crippen MR) is 76.5 cm³/mol. The summed E-state index contributed by atoms with van der Waals surface area (Å²) in [4.78, 5) is 12.4. The van der Waals surface area contributed by atoms with E-state index in [1.54, 1.807) is 6.92 Å². The topological polar surface area (TPSA) is 89.3 Å². The summed E-state index contributed by atoms with van der Waals surface area (Å²) in [5.41, 5.74) is 5.33. The number of nitrogens with one attached hydrogen (secondary N) is 1. The fourth-order valence-corrected chi connectivity index (χ4v) is 3.79. The van der Waals surface area contributed by atoms with Gasteiger partial charge in [0, 0.05) is 18.8 Å². The third kappa shape index (κ3) is 5.10. The summed E-state index contributed by atoms with van der Waals surface area (Å²) in [5.74, 6) is -0.104. The molecule has 5 nitrogen and oxygen atoms in total. The number of rotatable bonds is 5. The Morgan fingerprint density at radius 2 is 1.79 bits per heavy atom. The van der Waals surface area contributed by atoms with E-state index in [0.29, 0.717) is 6.54 Å².